The molecule has 5 heteroatoms. The number of hydrogen-bond donors (Lipinski definition) is 0. The molecule has 0 spiro atoms. The first-order chi connectivity index (χ1) is 28.6. The van der Waals surface area contributed by atoms with Crippen molar-refractivity contribution in [3.05, 3.63) is 72.9 Å². The maximum Gasteiger partial charge on any atom is 0.306 e. The van der Waals surface area contributed by atoms with Gasteiger partial charge in [0.1, 0.15) is 6.61 Å². The van der Waals surface area contributed by atoms with Crippen molar-refractivity contribution in [3.8, 4) is 0 Å². The second-order valence-electron chi connectivity index (χ2n) is 16.0. The van der Waals surface area contributed by atoms with Crippen LogP contribution in [0, 0.1) is 0 Å². The Balaban J connectivity index is 4.10. The van der Waals surface area contributed by atoms with E-state index in [0.717, 1.165) is 77.0 Å². The molecule has 0 aromatic rings. The maximum absolute atomic E-state index is 12.6. The molecule has 334 valence electrons. The Morgan fingerprint density at radius 3 is 1.31 bits per heavy atom. The highest BCUT2D eigenvalue weighted by atomic mass is 16.6. The summed E-state index contributed by atoms with van der Waals surface area (Å²) >= 11 is 0. The van der Waals surface area contributed by atoms with Crippen molar-refractivity contribution in [1.82, 2.24) is 0 Å². The van der Waals surface area contributed by atoms with Crippen LogP contribution in [-0.4, -0.2) is 37.9 Å². The maximum atomic E-state index is 12.6. The largest absolute Gasteiger partial charge is 0.462 e. The van der Waals surface area contributed by atoms with E-state index in [0.29, 0.717) is 19.4 Å². The Morgan fingerprint density at radius 1 is 0.397 bits per heavy atom. The van der Waals surface area contributed by atoms with E-state index in [1.165, 1.54) is 116 Å². The smallest absolute Gasteiger partial charge is 0.306 e. The first kappa shape index (κ1) is 55.3. The van der Waals surface area contributed by atoms with E-state index >= 15 is 0 Å². The van der Waals surface area contributed by atoms with Gasteiger partial charge < -0.3 is 14.2 Å². The van der Waals surface area contributed by atoms with Crippen molar-refractivity contribution in [2.24, 2.45) is 0 Å². The minimum atomic E-state index is -0.556. The van der Waals surface area contributed by atoms with Gasteiger partial charge in [-0.25, -0.2) is 0 Å². The van der Waals surface area contributed by atoms with Crippen LogP contribution in [0.4, 0.5) is 0 Å². The molecule has 0 aromatic heterocycles. The lowest BCUT2D eigenvalue weighted by Gasteiger charge is -2.18. The zero-order valence-corrected chi connectivity index (χ0v) is 38.3. The molecule has 0 N–H and O–H groups in total. The molecule has 5 nitrogen and oxygen atoms in total. The highest BCUT2D eigenvalue weighted by Crippen LogP contribution is 2.13. The number of unbranched alkanes of at least 4 members (excludes halogenated alkanes) is 21. The van der Waals surface area contributed by atoms with E-state index in [1.54, 1.807) is 0 Å². The predicted octanol–water partition coefficient (Wildman–Crippen LogP) is 16.3. The topological polar surface area (TPSA) is 61.8 Å². The van der Waals surface area contributed by atoms with Gasteiger partial charge in [0.25, 0.3) is 0 Å². The summed E-state index contributed by atoms with van der Waals surface area (Å²) in [6.45, 7) is 7.58. The molecule has 0 saturated carbocycles. The van der Waals surface area contributed by atoms with Crippen molar-refractivity contribution < 1.29 is 23.8 Å². The molecule has 1 atom stereocenters. The van der Waals surface area contributed by atoms with Crippen LogP contribution in [0.3, 0.4) is 0 Å². The van der Waals surface area contributed by atoms with Crippen LogP contribution in [-0.2, 0) is 23.8 Å². The minimum absolute atomic E-state index is 0.0536. The second kappa shape index (κ2) is 48.7. The molecule has 0 heterocycles. The lowest BCUT2D eigenvalue weighted by atomic mass is 10.1. The summed E-state index contributed by atoms with van der Waals surface area (Å²) in [7, 11) is 0. The van der Waals surface area contributed by atoms with Gasteiger partial charge in [-0.3, -0.25) is 9.59 Å². The molecule has 1 unspecified atom stereocenters. The molecular formula is C53H92O5. The number of rotatable bonds is 44. The van der Waals surface area contributed by atoms with Gasteiger partial charge in [-0.15, -0.1) is 0 Å². The average molecular weight is 809 g/mol. The minimum Gasteiger partial charge on any atom is -0.462 e. The van der Waals surface area contributed by atoms with Crippen LogP contribution in [0.15, 0.2) is 72.9 Å². The van der Waals surface area contributed by atoms with Gasteiger partial charge in [0.2, 0.25) is 0 Å². The van der Waals surface area contributed by atoms with E-state index < -0.39 is 6.10 Å². The lowest BCUT2D eigenvalue weighted by Crippen LogP contribution is -2.30. The molecule has 0 saturated heterocycles. The average Bonchev–Trinajstić information content (AvgIpc) is 3.22. The summed E-state index contributed by atoms with van der Waals surface area (Å²) in [5, 5.41) is 0. The van der Waals surface area contributed by atoms with E-state index in [9.17, 15) is 9.59 Å². The molecule has 0 fully saturated rings. The van der Waals surface area contributed by atoms with Crippen molar-refractivity contribution in [2.45, 2.75) is 232 Å². The number of ether oxygens (including phenoxy) is 3. The zero-order chi connectivity index (χ0) is 42.1. The van der Waals surface area contributed by atoms with Crippen LogP contribution < -0.4 is 0 Å². The number of allylic oxidation sites excluding steroid dienone is 12. The molecule has 0 rings (SSSR count). The van der Waals surface area contributed by atoms with Crippen LogP contribution in [0.1, 0.15) is 226 Å². The number of carbonyl (C=O) groups is 2. The molecular weight excluding hydrogens is 717 g/mol. The third kappa shape index (κ3) is 46.0. The third-order valence-electron chi connectivity index (χ3n) is 10.2. The molecule has 0 aromatic carbocycles. The Labute approximate surface area is 359 Å². The van der Waals surface area contributed by atoms with E-state index in [4.69, 9.17) is 14.2 Å². The fourth-order valence-corrected chi connectivity index (χ4v) is 6.60. The van der Waals surface area contributed by atoms with Gasteiger partial charge in [-0.05, 0) is 83.5 Å². The van der Waals surface area contributed by atoms with Crippen LogP contribution >= 0.6 is 0 Å². The van der Waals surface area contributed by atoms with E-state index in [-0.39, 0.29) is 25.2 Å². The lowest BCUT2D eigenvalue weighted by molar-refractivity contribution is -0.163. The SMILES string of the molecule is CC/C=C\C/C=C\C/C=C\C/C=C\C/C=C\CCCC(=O)OCC(COCCCCCCCCCCCC/C=C\CCCCCCCC)OC(=O)CCCCCCC. The first-order valence-corrected chi connectivity index (χ1v) is 24.5. The van der Waals surface area contributed by atoms with Gasteiger partial charge >= 0.3 is 11.9 Å². The summed E-state index contributed by atoms with van der Waals surface area (Å²) in [6, 6.07) is 0. The van der Waals surface area contributed by atoms with Gasteiger partial charge in [-0.2, -0.15) is 0 Å². The van der Waals surface area contributed by atoms with Gasteiger partial charge in [0.15, 0.2) is 6.10 Å². The summed E-state index contributed by atoms with van der Waals surface area (Å²) in [4.78, 5) is 25.0. The van der Waals surface area contributed by atoms with Crippen molar-refractivity contribution in [1.29, 1.82) is 0 Å². The van der Waals surface area contributed by atoms with Crippen LogP contribution in [0.2, 0.25) is 0 Å². The summed E-state index contributed by atoms with van der Waals surface area (Å²) in [5.41, 5.74) is 0. The molecule has 0 aliphatic heterocycles. The molecule has 0 amide bonds. The quantitative estimate of drug-likeness (QED) is 0.0348. The fraction of sp³-hybridized carbons (Fsp3) is 0.736. The standard InChI is InChI=1S/C53H92O5/c1-4-7-10-13-15-17-19-21-23-25-26-27-29-31-33-35-37-39-42-45-48-56-49-51(58-53(55)47-44-40-12-9-6-3)50-57-52(54)46-43-41-38-36-34-32-30-28-24-22-20-18-16-14-11-8-5-2/h8,11,16,18,21-24,30,32,36,38,51H,4-7,9-10,12-15,17,19-20,25-29,31,33-35,37,39-50H2,1-3H3/b11-8-,18-16-,23-21-,24-22-,32-30-,38-36-. The third-order valence-corrected chi connectivity index (χ3v) is 10.2. The Kier molecular flexibility index (Phi) is 46.5. The predicted molar refractivity (Wildman–Crippen MR) is 251 cm³/mol. The monoisotopic (exact) mass is 809 g/mol. The van der Waals surface area contributed by atoms with E-state index in [2.05, 4.69) is 93.7 Å². The summed E-state index contributed by atoms with van der Waals surface area (Å²) in [6.07, 6.45) is 62.3. The Hall–Kier alpha value is -2.66. The van der Waals surface area contributed by atoms with Crippen LogP contribution in [0.25, 0.3) is 0 Å². The molecule has 0 radical (unpaired) electrons. The van der Waals surface area contributed by atoms with Crippen molar-refractivity contribution >= 4 is 11.9 Å². The van der Waals surface area contributed by atoms with Crippen LogP contribution in [0.5, 0.6) is 0 Å². The van der Waals surface area contributed by atoms with Crippen molar-refractivity contribution in [3.63, 3.8) is 0 Å². The molecule has 0 aliphatic rings. The van der Waals surface area contributed by atoms with Gasteiger partial charge in [-0.1, -0.05) is 203 Å². The molecule has 0 aliphatic carbocycles. The van der Waals surface area contributed by atoms with E-state index in [1.807, 2.05) is 0 Å². The van der Waals surface area contributed by atoms with Crippen molar-refractivity contribution in [2.75, 3.05) is 19.8 Å². The highest BCUT2D eigenvalue weighted by Gasteiger charge is 2.17. The second-order valence-corrected chi connectivity index (χ2v) is 16.0. The number of carbonyl (C=O) groups excluding carboxylic acids is 2. The normalized spacial score (nSPS) is 12.8. The van der Waals surface area contributed by atoms with Gasteiger partial charge in [0, 0.05) is 19.4 Å². The summed E-state index contributed by atoms with van der Waals surface area (Å²) < 4.78 is 17.2. The highest BCUT2D eigenvalue weighted by molar-refractivity contribution is 5.70. The first-order valence-electron chi connectivity index (χ1n) is 24.5. The fourth-order valence-electron chi connectivity index (χ4n) is 6.60. The molecule has 0 bridgehead atoms. The Bertz CT molecular complexity index is 1050. The Morgan fingerprint density at radius 2 is 0.793 bits per heavy atom. The zero-order valence-electron chi connectivity index (χ0n) is 38.3. The van der Waals surface area contributed by atoms with Gasteiger partial charge in [0.05, 0.1) is 6.61 Å². The summed E-state index contributed by atoms with van der Waals surface area (Å²) in [5.74, 6) is -0.477. The molecule has 58 heavy (non-hydrogen) atoms. The number of esters is 2. The number of hydrogen-bond acceptors (Lipinski definition) is 5.